The number of nitrogens with two attached hydrogens (primary N) is 1. The van der Waals surface area contributed by atoms with Crippen LogP contribution in [0.2, 0.25) is 0 Å². The van der Waals surface area contributed by atoms with Crippen molar-refractivity contribution >= 4 is 5.91 Å². The third-order valence-electron chi connectivity index (χ3n) is 4.56. The monoisotopic (exact) mass is 237 g/mol. The first-order valence-corrected chi connectivity index (χ1v) is 7.01. The molecule has 0 aromatic rings. The van der Waals surface area contributed by atoms with E-state index in [-0.39, 0.29) is 5.91 Å². The van der Waals surface area contributed by atoms with Gasteiger partial charge in [-0.2, -0.15) is 0 Å². The number of likely N-dealkylation sites (tertiary alicyclic amines) is 2. The molecule has 2 N–H and O–H groups in total. The van der Waals surface area contributed by atoms with Gasteiger partial charge < -0.3 is 10.6 Å². The fraction of sp³-hybridized carbons (Fsp3) is 0.923. The predicted octanol–water partition coefficient (Wildman–Crippen LogP) is 0.564. The molecule has 1 amide bonds. The summed E-state index contributed by atoms with van der Waals surface area (Å²) in [4.78, 5) is 16.8. The first-order chi connectivity index (χ1) is 8.19. The lowest BCUT2D eigenvalue weighted by molar-refractivity contribution is -0.135. The molecule has 1 saturated carbocycles. The quantitative estimate of drug-likeness (QED) is 0.763. The molecule has 0 radical (unpaired) electrons. The van der Waals surface area contributed by atoms with Gasteiger partial charge in [0.1, 0.15) is 0 Å². The van der Waals surface area contributed by atoms with Gasteiger partial charge >= 0.3 is 0 Å². The summed E-state index contributed by atoms with van der Waals surface area (Å²) in [6.07, 6.45) is 6.81. The summed E-state index contributed by atoms with van der Waals surface area (Å²) in [6.45, 7) is 4.28. The Morgan fingerprint density at radius 3 is 2.47 bits per heavy atom. The second-order valence-electron chi connectivity index (χ2n) is 5.95. The summed E-state index contributed by atoms with van der Waals surface area (Å²) in [5.74, 6) is 0.210. The van der Waals surface area contributed by atoms with E-state index in [1.54, 1.807) is 0 Å². The highest BCUT2D eigenvalue weighted by Gasteiger charge is 2.48. The summed E-state index contributed by atoms with van der Waals surface area (Å²) >= 11 is 0. The van der Waals surface area contributed by atoms with E-state index < -0.39 is 5.54 Å². The predicted molar refractivity (Wildman–Crippen MR) is 66.6 cm³/mol. The zero-order valence-electron chi connectivity index (χ0n) is 10.5. The maximum absolute atomic E-state index is 12.2. The van der Waals surface area contributed by atoms with Gasteiger partial charge in [0.25, 0.3) is 0 Å². The first-order valence-electron chi connectivity index (χ1n) is 7.01. The van der Waals surface area contributed by atoms with E-state index in [1.807, 2.05) is 4.90 Å². The Balaban J connectivity index is 1.61. The molecule has 4 heteroatoms. The number of rotatable bonds is 2. The average Bonchev–Trinajstić information content (AvgIpc) is 2.91. The lowest BCUT2D eigenvalue weighted by Crippen LogP contribution is -2.54. The number of carbonyl (C=O) groups is 1. The minimum absolute atomic E-state index is 0.210. The molecule has 3 fully saturated rings. The van der Waals surface area contributed by atoms with Crippen LogP contribution in [0.15, 0.2) is 0 Å². The van der Waals surface area contributed by atoms with Gasteiger partial charge in [-0.15, -0.1) is 0 Å². The van der Waals surface area contributed by atoms with E-state index in [0.717, 1.165) is 32.4 Å². The van der Waals surface area contributed by atoms with Crippen molar-refractivity contribution in [3.8, 4) is 0 Å². The smallest absolute Gasteiger partial charge is 0.242 e. The van der Waals surface area contributed by atoms with Gasteiger partial charge in [-0.25, -0.2) is 0 Å². The van der Waals surface area contributed by atoms with Crippen LogP contribution in [-0.2, 0) is 4.79 Å². The highest BCUT2D eigenvalue weighted by molar-refractivity contribution is 5.89. The van der Waals surface area contributed by atoms with Gasteiger partial charge in [-0.3, -0.25) is 9.69 Å². The highest BCUT2D eigenvalue weighted by atomic mass is 16.2. The molecule has 3 aliphatic rings. The maximum Gasteiger partial charge on any atom is 0.242 e. The van der Waals surface area contributed by atoms with E-state index in [1.165, 1.54) is 32.4 Å². The second kappa shape index (κ2) is 4.25. The Labute approximate surface area is 103 Å². The Bertz CT molecular complexity index is 308. The van der Waals surface area contributed by atoms with Crippen molar-refractivity contribution in [3.63, 3.8) is 0 Å². The number of piperidine rings is 1. The lowest BCUT2D eigenvalue weighted by Gasteiger charge is -2.38. The molecule has 0 aromatic carbocycles. The van der Waals surface area contributed by atoms with E-state index >= 15 is 0 Å². The molecule has 2 heterocycles. The van der Waals surface area contributed by atoms with Crippen molar-refractivity contribution in [2.75, 3.05) is 26.2 Å². The maximum atomic E-state index is 12.2. The number of hydrogen-bond donors (Lipinski definition) is 1. The molecule has 0 bridgehead atoms. The van der Waals surface area contributed by atoms with E-state index in [0.29, 0.717) is 6.04 Å². The van der Waals surface area contributed by atoms with Gasteiger partial charge in [-0.1, -0.05) is 0 Å². The SMILES string of the molecule is NC1(C(=O)N2CCCC(N3CCCC3)C2)CC1. The molecule has 4 nitrogen and oxygen atoms in total. The molecule has 1 aliphatic carbocycles. The summed E-state index contributed by atoms with van der Waals surface area (Å²) in [5, 5.41) is 0. The molecular weight excluding hydrogens is 214 g/mol. The fourth-order valence-electron chi connectivity index (χ4n) is 3.21. The lowest BCUT2D eigenvalue weighted by atomic mass is 10.0. The van der Waals surface area contributed by atoms with E-state index in [9.17, 15) is 4.79 Å². The summed E-state index contributed by atoms with van der Waals surface area (Å²) in [5.41, 5.74) is 5.54. The van der Waals surface area contributed by atoms with Crippen molar-refractivity contribution in [2.45, 2.75) is 50.1 Å². The molecular formula is C13H23N3O. The number of hydrogen-bond acceptors (Lipinski definition) is 3. The largest absolute Gasteiger partial charge is 0.340 e. The Morgan fingerprint density at radius 2 is 1.82 bits per heavy atom. The Kier molecular flexibility index (Phi) is 2.87. The third-order valence-corrected chi connectivity index (χ3v) is 4.56. The van der Waals surface area contributed by atoms with Gasteiger partial charge in [-0.05, 0) is 51.6 Å². The molecule has 0 spiro atoms. The van der Waals surface area contributed by atoms with Crippen LogP contribution in [0.3, 0.4) is 0 Å². The topological polar surface area (TPSA) is 49.6 Å². The number of carbonyl (C=O) groups excluding carboxylic acids is 1. The van der Waals surface area contributed by atoms with Crippen LogP contribution in [0.5, 0.6) is 0 Å². The van der Waals surface area contributed by atoms with E-state index in [4.69, 9.17) is 5.73 Å². The van der Waals surface area contributed by atoms with Crippen molar-refractivity contribution in [3.05, 3.63) is 0 Å². The Hall–Kier alpha value is -0.610. The van der Waals surface area contributed by atoms with Crippen LogP contribution in [0.25, 0.3) is 0 Å². The van der Waals surface area contributed by atoms with Gasteiger partial charge in [0.2, 0.25) is 5.91 Å². The van der Waals surface area contributed by atoms with Crippen LogP contribution in [0, 0.1) is 0 Å². The molecule has 2 aliphatic heterocycles. The van der Waals surface area contributed by atoms with Crippen LogP contribution in [0.1, 0.15) is 38.5 Å². The highest BCUT2D eigenvalue weighted by Crippen LogP contribution is 2.35. The molecule has 96 valence electrons. The minimum Gasteiger partial charge on any atom is -0.340 e. The van der Waals surface area contributed by atoms with Crippen LogP contribution in [-0.4, -0.2) is 53.5 Å². The molecule has 3 rings (SSSR count). The van der Waals surface area contributed by atoms with Crippen molar-refractivity contribution in [1.82, 2.24) is 9.80 Å². The number of amides is 1. The minimum atomic E-state index is -0.479. The van der Waals surface area contributed by atoms with Crippen LogP contribution in [0.4, 0.5) is 0 Å². The molecule has 1 unspecified atom stereocenters. The van der Waals surface area contributed by atoms with Crippen molar-refractivity contribution < 1.29 is 4.79 Å². The summed E-state index contributed by atoms with van der Waals surface area (Å²) < 4.78 is 0. The van der Waals surface area contributed by atoms with Crippen LogP contribution >= 0.6 is 0 Å². The normalized spacial score (nSPS) is 32.8. The second-order valence-corrected chi connectivity index (χ2v) is 5.95. The zero-order valence-corrected chi connectivity index (χ0v) is 10.5. The third kappa shape index (κ3) is 2.20. The van der Waals surface area contributed by atoms with Crippen molar-refractivity contribution in [2.24, 2.45) is 5.73 Å². The summed E-state index contributed by atoms with van der Waals surface area (Å²) in [7, 11) is 0. The standard InChI is InChI=1S/C13H23N3O/c14-13(5-6-13)12(17)16-9-3-4-11(10-16)15-7-1-2-8-15/h11H,1-10,14H2. The Morgan fingerprint density at radius 1 is 1.12 bits per heavy atom. The van der Waals surface area contributed by atoms with E-state index in [2.05, 4.69) is 4.90 Å². The average molecular weight is 237 g/mol. The molecule has 2 saturated heterocycles. The molecule has 0 aromatic heterocycles. The molecule has 1 atom stereocenters. The van der Waals surface area contributed by atoms with Gasteiger partial charge in [0.05, 0.1) is 5.54 Å². The molecule has 17 heavy (non-hydrogen) atoms. The first kappa shape index (κ1) is 11.5. The van der Waals surface area contributed by atoms with Gasteiger partial charge in [0, 0.05) is 19.1 Å². The van der Waals surface area contributed by atoms with Crippen LogP contribution < -0.4 is 5.73 Å². The fourth-order valence-corrected chi connectivity index (χ4v) is 3.21. The number of nitrogens with zero attached hydrogens (tertiary/aromatic N) is 2. The van der Waals surface area contributed by atoms with Crippen molar-refractivity contribution in [1.29, 1.82) is 0 Å². The zero-order chi connectivity index (χ0) is 11.9. The summed E-state index contributed by atoms with van der Waals surface area (Å²) in [6, 6.07) is 0.595. The van der Waals surface area contributed by atoms with Gasteiger partial charge in [0.15, 0.2) is 0 Å².